The highest BCUT2D eigenvalue weighted by Crippen LogP contribution is 2.34. The third kappa shape index (κ3) is 54.6. The van der Waals surface area contributed by atoms with E-state index in [0.717, 1.165) is 64.2 Å². The Morgan fingerprint density at radius 2 is 0.598 bits per heavy atom. The first-order valence-corrected chi connectivity index (χ1v) is 48.7. The maximum atomic E-state index is 13.5. The SMILES string of the molecule is CC/C=C\C/C=C\C/C=C\C/C=C\CCCCCCCCCCCCCCCCCCCCCCCCCCCCC(=O)NC(COC1OC(CO)C(OC2OC(CO)C(OC3OC(CO)C(O)C(O)C3O)C(O)C2O)C(O)C1O)C(O)/C=C/CC/C=C/CCCCCCCCCCCCCCCCCCCCCCCCCCCCC. The van der Waals surface area contributed by atoms with Crippen LogP contribution >= 0.6 is 0 Å². The van der Waals surface area contributed by atoms with Gasteiger partial charge in [-0.3, -0.25) is 4.79 Å². The highest BCUT2D eigenvalue weighted by atomic mass is 16.8. The second-order valence-electron chi connectivity index (χ2n) is 34.5. The Balaban J connectivity index is 1.30. The van der Waals surface area contributed by atoms with Crippen LogP contribution in [0.4, 0.5) is 0 Å². The van der Waals surface area contributed by atoms with Crippen molar-refractivity contribution in [2.45, 2.75) is 516 Å². The van der Waals surface area contributed by atoms with E-state index in [9.17, 15) is 61.0 Å². The zero-order valence-electron chi connectivity index (χ0n) is 74.2. The Kier molecular flexibility index (Phi) is 71.2. The Bertz CT molecular complexity index is 2390. The number of hydrogen-bond acceptors (Lipinski definition) is 18. The van der Waals surface area contributed by atoms with Gasteiger partial charge in [-0.15, -0.1) is 0 Å². The number of carbonyl (C=O) groups excluding carboxylic acids is 1. The van der Waals surface area contributed by atoms with Crippen LogP contribution in [0.3, 0.4) is 0 Å². The maximum absolute atomic E-state index is 13.5. The predicted molar refractivity (Wildman–Crippen MR) is 475 cm³/mol. The fourth-order valence-electron chi connectivity index (χ4n) is 16.3. The molecule has 12 N–H and O–H groups in total. The van der Waals surface area contributed by atoms with Crippen LogP contribution < -0.4 is 5.32 Å². The van der Waals surface area contributed by atoms with Crippen LogP contribution in [-0.2, 0) is 33.2 Å². The molecule has 19 nitrogen and oxygen atoms in total. The number of unbranched alkanes of at least 4 members (excludes halogenated alkanes) is 54. The standard InChI is InChI=1S/C98H179NO18/c1-3-5-7-9-11-13-15-17-19-21-23-25-27-29-31-33-35-37-38-39-40-41-42-44-46-48-50-52-54-56-58-60-62-64-66-68-70-72-74-76-86(104)99-81(82(103)75-73-71-69-67-65-63-61-59-57-55-53-51-49-47-45-43-36-34-32-30-28-26-24-22-20-18-16-14-12-10-8-6-4-2)80-112-96-92(110)89(107)94(84(78-101)114-96)117-98-93(111)90(108)95(85(79-102)115-98)116-97-91(109)88(106)87(105)83(77-100)113-97/h5,7,11,13,17,19,23,25,65,67,73,75,81-85,87-98,100-103,105-111H,3-4,6,8-10,12,14-16,18,20-22,24,26-64,66,68-72,74,76-80H2,1-2H3,(H,99,104)/b7-5-,13-11-,19-17-,25-23-,67-65+,75-73+. The number of carbonyl (C=O) groups is 1. The lowest BCUT2D eigenvalue weighted by Gasteiger charge is -2.48. The average Bonchev–Trinajstić information content (AvgIpc) is 0.777. The molecule has 3 aliphatic rings. The third-order valence-electron chi connectivity index (χ3n) is 24.0. The molecule has 0 aromatic rings. The molecule has 17 atom stereocenters. The Morgan fingerprint density at radius 1 is 0.316 bits per heavy atom. The minimum absolute atomic E-state index is 0.238. The number of ether oxygens (including phenoxy) is 6. The summed E-state index contributed by atoms with van der Waals surface area (Å²) in [5.74, 6) is -0.278. The van der Waals surface area contributed by atoms with Crippen LogP contribution in [0.15, 0.2) is 72.9 Å². The van der Waals surface area contributed by atoms with Gasteiger partial charge in [-0.05, 0) is 70.6 Å². The summed E-state index contributed by atoms with van der Waals surface area (Å²) in [7, 11) is 0. The van der Waals surface area contributed by atoms with E-state index < -0.39 is 124 Å². The summed E-state index contributed by atoms with van der Waals surface area (Å²) in [6.07, 6.45) is 78.0. The molecular formula is C98H179NO18. The summed E-state index contributed by atoms with van der Waals surface area (Å²) in [5, 5.41) is 121. The van der Waals surface area contributed by atoms with E-state index in [1.54, 1.807) is 6.08 Å². The van der Waals surface area contributed by atoms with Crippen LogP contribution in [-0.4, -0.2) is 193 Å². The quantitative estimate of drug-likeness (QED) is 0.0199. The molecule has 0 aromatic carbocycles. The topological polar surface area (TPSA) is 307 Å². The minimum atomic E-state index is -1.98. The molecule has 17 unspecified atom stereocenters. The van der Waals surface area contributed by atoms with E-state index in [1.165, 1.54) is 315 Å². The van der Waals surface area contributed by atoms with Crippen molar-refractivity contribution in [2.75, 3.05) is 26.4 Å². The number of rotatable bonds is 80. The molecule has 3 saturated heterocycles. The molecule has 0 bridgehead atoms. The van der Waals surface area contributed by atoms with Crippen molar-refractivity contribution >= 4 is 5.91 Å². The second kappa shape index (κ2) is 76.8. The summed E-state index contributed by atoms with van der Waals surface area (Å²) in [6.45, 7) is 1.67. The molecule has 0 saturated carbocycles. The average molecular weight is 1660 g/mol. The highest BCUT2D eigenvalue weighted by molar-refractivity contribution is 5.76. The van der Waals surface area contributed by atoms with Crippen molar-refractivity contribution in [3.05, 3.63) is 72.9 Å². The van der Waals surface area contributed by atoms with Crippen molar-refractivity contribution in [2.24, 2.45) is 0 Å². The highest BCUT2D eigenvalue weighted by Gasteiger charge is 2.54. The predicted octanol–water partition coefficient (Wildman–Crippen LogP) is 19.9. The first kappa shape index (κ1) is 108. The molecule has 3 aliphatic heterocycles. The van der Waals surface area contributed by atoms with Crippen LogP contribution in [0.5, 0.6) is 0 Å². The second-order valence-corrected chi connectivity index (χ2v) is 34.5. The van der Waals surface area contributed by atoms with Gasteiger partial charge >= 0.3 is 0 Å². The molecule has 19 heteroatoms. The molecule has 0 aromatic heterocycles. The van der Waals surface area contributed by atoms with E-state index in [4.69, 9.17) is 28.4 Å². The molecule has 117 heavy (non-hydrogen) atoms. The van der Waals surface area contributed by atoms with Crippen LogP contribution in [0.1, 0.15) is 412 Å². The number of aliphatic hydroxyl groups is 11. The summed E-state index contributed by atoms with van der Waals surface area (Å²) in [6, 6.07) is -0.993. The van der Waals surface area contributed by atoms with Gasteiger partial charge in [0.05, 0.1) is 38.6 Å². The van der Waals surface area contributed by atoms with Gasteiger partial charge in [0.15, 0.2) is 18.9 Å². The maximum Gasteiger partial charge on any atom is 0.220 e. The normalized spacial score (nSPS) is 24.7. The number of hydrogen-bond donors (Lipinski definition) is 12. The van der Waals surface area contributed by atoms with Gasteiger partial charge in [0.2, 0.25) is 5.91 Å². The number of aliphatic hydroxyl groups excluding tert-OH is 11. The van der Waals surface area contributed by atoms with E-state index in [-0.39, 0.29) is 18.9 Å². The molecular weight excluding hydrogens is 1480 g/mol. The Morgan fingerprint density at radius 3 is 0.957 bits per heavy atom. The number of nitrogens with one attached hydrogen (secondary N) is 1. The Labute approximate surface area is 712 Å². The molecule has 1 amide bonds. The molecule has 0 spiro atoms. The van der Waals surface area contributed by atoms with Gasteiger partial charge in [0, 0.05) is 6.42 Å². The molecule has 0 radical (unpaired) electrons. The van der Waals surface area contributed by atoms with Gasteiger partial charge in [0.25, 0.3) is 0 Å². The summed E-state index contributed by atoms with van der Waals surface area (Å²) >= 11 is 0. The van der Waals surface area contributed by atoms with Gasteiger partial charge in [0.1, 0.15) is 73.2 Å². The van der Waals surface area contributed by atoms with E-state index in [1.807, 2.05) is 6.08 Å². The first-order valence-electron chi connectivity index (χ1n) is 48.7. The number of amides is 1. The van der Waals surface area contributed by atoms with Gasteiger partial charge < -0.3 is 89.9 Å². The van der Waals surface area contributed by atoms with Gasteiger partial charge in [-0.1, -0.05) is 408 Å². The Hall–Kier alpha value is -2.77. The molecule has 684 valence electrons. The lowest BCUT2D eigenvalue weighted by Crippen LogP contribution is -2.66. The van der Waals surface area contributed by atoms with Crippen molar-refractivity contribution in [3.8, 4) is 0 Å². The summed E-state index contributed by atoms with van der Waals surface area (Å²) in [5.41, 5.74) is 0. The largest absolute Gasteiger partial charge is 0.394 e. The van der Waals surface area contributed by atoms with Crippen LogP contribution in [0.2, 0.25) is 0 Å². The minimum Gasteiger partial charge on any atom is -0.394 e. The van der Waals surface area contributed by atoms with E-state index >= 15 is 0 Å². The molecule has 0 aliphatic carbocycles. The lowest BCUT2D eigenvalue weighted by atomic mass is 9.96. The van der Waals surface area contributed by atoms with Crippen LogP contribution in [0.25, 0.3) is 0 Å². The van der Waals surface area contributed by atoms with Gasteiger partial charge in [-0.25, -0.2) is 0 Å². The number of allylic oxidation sites excluding steroid dienone is 11. The van der Waals surface area contributed by atoms with Crippen molar-refractivity contribution in [3.63, 3.8) is 0 Å². The fourth-order valence-corrected chi connectivity index (χ4v) is 16.3. The van der Waals surface area contributed by atoms with Crippen molar-refractivity contribution in [1.29, 1.82) is 0 Å². The van der Waals surface area contributed by atoms with Crippen molar-refractivity contribution < 1.29 is 89.4 Å². The molecule has 3 fully saturated rings. The van der Waals surface area contributed by atoms with Crippen molar-refractivity contribution in [1.82, 2.24) is 5.32 Å². The lowest BCUT2D eigenvalue weighted by molar-refractivity contribution is -0.379. The smallest absolute Gasteiger partial charge is 0.220 e. The van der Waals surface area contributed by atoms with E-state index in [2.05, 4.69) is 79.9 Å². The monoisotopic (exact) mass is 1660 g/mol. The summed E-state index contributed by atoms with van der Waals surface area (Å²) in [4.78, 5) is 13.5. The molecule has 3 rings (SSSR count). The summed E-state index contributed by atoms with van der Waals surface area (Å²) < 4.78 is 34.6. The third-order valence-corrected chi connectivity index (χ3v) is 24.0. The molecule has 3 heterocycles. The zero-order chi connectivity index (χ0) is 84.5. The van der Waals surface area contributed by atoms with Crippen LogP contribution in [0, 0.1) is 0 Å². The first-order chi connectivity index (χ1) is 57.3. The van der Waals surface area contributed by atoms with E-state index in [0.29, 0.717) is 12.8 Å². The van der Waals surface area contributed by atoms with Gasteiger partial charge in [-0.2, -0.15) is 0 Å². The fraction of sp³-hybridized carbons (Fsp3) is 0.867. The zero-order valence-corrected chi connectivity index (χ0v) is 74.2.